The summed E-state index contributed by atoms with van der Waals surface area (Å²) in [5, 5.41) is 4.64. The number of nitrogens with zero attached hydrogens (tertiary/aromatic N) is 3. The third kappa shape index (κ3) is 5.05. The van der Waals surface area contributed by atoms with E-state index in [1.54, 1.807) is 0 Å². The van der Waals surface area contributed by atoms with Gasteiger partial charge in [-0.2, -0.15) is 0 Å². The minimum Gasteiger partial charge on any atom is -0.369 e. The fourth-order valence-corrected chi connectivity index (χ4v) is 3.42. The number of halogens is 1. The predicted octanol–water partition coefficient (Wildman–Crippen LogP) is 5.51. The average molecular weight is 427 g/mol. The van der Waals surface area contributed by atoms with Gasteiger partial charge in [-0.25, -0.2) is 9.97 Å². The molecule has 0 fully saturated rings. The van der Waals surface area contributed by atoms with Crippen LogP contribution in [0.2, 0.25) is 0 Å². The van der Waals surface area contributed by atoms with E-state index in [2.05, 4.69) is 65.1 Å². The van der Waals surface area contributed by atoms with Gasteiger partial charge >= 0.3 is 0 Å². The van der Waals surface area contributed by atoms with Gasteiger partial charge in [-0.15, -0.1) is 0 Å². The van der Waals surface area contributed by atoms with Crippen LogP contribution in [-0.4, -0.2) is 41.0 Å². The van der Waals surface area contributed by atoms with Crippen LogP contribution in [0.4, 0.5) is 5.82 Å². The Bertz CT molecular complexity index is 889. The van der Waals surface area contributed by atoms with E-state index in [-0.39, 0.29) is 0 Å². The van der Waals surface area contributed by atoms with E-state index in [0.29, 0.717) is 0 Å². The van der Waals surface area contributed by atoms with Crippen molar-refractivity contribution in [1.82, 2.24) is 14.9 Å². The number of hydrogen-bond donors (Lipinski definition) is 1. The number of hydrogen-bond acceptors (Lipinski definition) is 4. The lowest BCUT2D eigenvalue weighted by Gasteiger charge is -2.18. The summed E-state index contributed by atoms with van der Waals surface area (Å²) >= 11 is 3.49. The van der Waals surface area contributed by atoms with Gasteiger partial charge in [0.1, 0.15) is 5.82 Å². The summed E-state index contributed by atoms with van der Waals surface area (Å²) < 4.78 is 1.05. The number of rotatable bonds is 8. The summed E-state index contributed by atoms with van der Waals surface area (Å²) in [6.45, 7) is 10.7. The lowest BCUT2D eigenvalue weighted by molar-refractivity contribution is 0.303. The second-order valence-corrected chi connectivity index (χ2v) is 7.65. The molecule has 0 atom stereocenters. The van der Waals surface area contributed by atoms with E-state index in [4.69, 9.17) is 9.97 Å². The largest absolute Gasteiger partial charge is 0.369 e. The van der Waals surface area contributed by atoms with Crippen LogP contribution in [0, 0.1) is 6.92 Å². The highest BCUT2D eigenvalue weighted by Gasteiger charge is 2.10. The highest BCUT2D eigenvalue weighted by atomic mass is 79.9. The number of aromatic nitrogens is 2. The SMILES string of the molecule is CCN(CC)CCCNc1nc(-c2ccc(Br)cc2)nc2ccc(C)cc12. The first-order valence-corrected chi connectivity index (χ1v) is 10.4. The first-order valence-electron chi connectivity index (χ1n) is 9.61. The molecule has 4 nitrogen and oxygen atoms in total. The van der Waals surface area contributed by atoms with Gasteiger partial charge in [0.25, 0.3) is 0 Å². The molecule has 2 aromatic carbocycles. The molecule has 0 aliphatic heterocycles. The summed E-state index contributed by atoms with van der Waals surface area (Å²) in [4.78, 5) is 12.1. The number of aryl methyl sites for hydroxylation is 1. The Morgan fingerprint density at radius 1 is 1.00 bits per heavy atom. The van der Waals surface area contributed by atoms with Crippen molar-refractivity contribution in [3.8, 4) is 11.4 Å². The predicted molar refractivity (Wildman–Crippen MR) is 118 cm³/mol. The Morgan fingerprint density at radius 3 is 2.44 bits per heavy atom. The van der Waals surface area contributed by atoms with Crippen molar-refractivity contribution in [2.75, 3.05) is 31.5 Å². The molecular weight excluding hydrogens is 400 g/mol. The first kappa shape index (κ1) is 19.8. The molecule has 0 spiro atoms. The Balaban J connectivity index is 1.87. The molecular formula is C22H27BrN4. The Hall–Kier alpha value is -1.98. The van der Waals surface area contributed by atoms with Gasteiger partial charge in [0.05, 0.1) is 5.52 Å². The second-order valence-electron chi connectivity index (χ2n) is 6.73. The standard InChI is InChI=1S/C22H27BrN4/c1-4-27(5-2)14-6-13-24-22-19-15-16(3)7-12-20(19)25-21(26-22)17-8-10-18(23)11-9-17/h7-12,15H,4-6,13-14H2,1-3H3,(H,24,25,26). The van der Waals surface area contributed by atoms with E-state index in [1.165, 1.54) is 5.56 Å². The van der Waals surface area contributed by atoms with E-state index in [1.807, 2.05) is 24.3 Å². The van der Waals surface area contributed by atoms with Crippen LogP contribution in [0.15, 0.2) is 46.9 Å². The van der Waals surface area contributed by atoms with Gasteiger partial charge in [-0.05, 0) is 57.2 Å². The fourth-order valence-electron chi connectivity index (χ4n) is 3.15. The molecule has 5 heteroatoms. The molecule has 0 bridgehead atoms. The third-order valence-electron chi connectivity index (χ3n) is 4.79. The Labute approximate surface area is 170 Å². The Morgan fingerprint density at radius 2 is 1.74 bits per heavy atom. The molecule has 0 unspecified atom stereocenters. The number of anilines is 1. The average Bonchev–Trinajstić information content (AvgIpc) is 2.68. The molecule has 27 heavy (non-hydrogen) atoms. The fraction of sp³-hybridized carbons (Fsp3) is 0.364. The molecule has 0 radical (unpaired) electrons. The molecule has 3 aromatic rings. The number of benzene rings is 2. The maximum absolute atomic E-state index is 4.85. The summed E-state index contributed by atoms with van der Waals surface area (Å²) in [5.41, 5.74) is 3.21. The van der Waals surface area contributed by atoms with Gasteiger partial charge in [0, 0.05) is 22.0 Å². The molecule has 0 amide bonds. The van der Waals surface area contributed by atoms with E-state index in [0.717, 1.165) is 65.2 Å². The Kier molecular flexibility index (Phi) is 6.80. The van der Waals surface area contributed by atoms with Gasteiger partial charge < -0.3 is 10.2 Å². The van der Waals surface area contributed by atoms with Crippen LogP contribution >= 0.6 is 15.9 Å². The van der Waals surface area contributed by atoms with Crippen LogP contribution in [0.25, 0.3) is 22.3 Å². The molecule has 1 aromatic heterocycles. The monoisotopic (exact) mass is 426 g/mol. The highest BCUT2D eigenvalue weighted by molar-refractivity contribution is 9.10. The molecule has 1 N–H and O–H groups in total. The zero-order valence-corrected chi connectivity index (χ0v) is 17.9. The van der Waals surface area contributed by atoms with Crippen LogP contribution in [0.1, 0.15) is 25.8 Å². The van der Waals surface area contributed by atoms with Crippen LogP contribution < -0.4 is 5.32 Å². The van der Waals surface area contributed by atoms with Gasteiger partial charge in [-0.1, -0.05) is 53.5 Å². The minimum atomic E-state index is 0.755. The highest BCUT2D eigenvalue weighted by Crippen LogP contribution is 2.26. The quantitative estimate of drug-likeness (QED) is 0.481. The van der Waals surface area contributed by atoms with E-state index in [9.17, 15) is 0 Å². The van der Waals surface area contributed by atoms with E-state index < -0.39 is 0 Å². The minimum absolute atomic E-state index is 0.755. The van der Waals surface area contributed by atoms with Crippen LogP contribution in [0.3, 0.4) is 0 Å². The molecule has 0 saturated heterocycles. The first-order chi connectivity index (χ1) is 13.1. The van der Waals surface area contributed by atoms with Crippen LogP contribution in [-0.2, 0) is 0 Å². The zero-order chi connectivity index (χ0) is 19.2. The van der Waals surface area contributed by atoms with Crippen molar-refractivity contribution in [2.45, 2.75) is 27.2 Å². The maximum atomic E-state index is 4.85. The van der Waals surface area contributed by atoms with Gasteiger partial charge in [-0.3, -0.25) is 0 Å². The van der Waals surface area contributed by atoms with Gasteiger partial charge in [0.2, 0.25) is 0 Å². The molecule has 0 aliphatic carbocycles. The summed E-state index contributed by atoms with van der Waals surface area (Å²) in [6, 6.07) is 14.5. The lowest BCUT2D eigenvalue weighted by Crippen LogP contribution is -2.25. The van der Waals surface area contributed by atoms with Crippen molar-refractivity contribution in [3.63, 3.8) is 0 Å². The second kappa shape index (κ2) is 9.29. The number of fused-ring (bicyclic) bond motifs is 1. The molecule has 0 aliphatic rings. The lowest BCUT2D eigenvalue weighted by atomic mass is 10.1. The van der Waals surface area contributed by atoms with Crippen molar-refractivity contribution in [2.24, 2.45) is 0 Å². The van der Waals surface area contributed by atoms with Crippen LogP contribution in [0.5, 0.6) is 0 Å². The molecule has 1 heterocycles. The topological polar surface area (TPSA) is 41.0 Å². The van der Waals surface area contributed by atoms with Crippen molar-refractivity contribution in [3.05, 3.63) is 52.5 Å². The van der Waals surface area contributed by atoms with E-state index >= 15 is 0 Å². The molecule has 0 saturated carbocycles. The number of nitrogens with one attached hydrogen (secondary N) is 1. The third-order valence-corrected chi connectivity index (χ3v) is 5.32. The van der Waals surface area contributed by atoms with Crippen molar-refractivity contribution < 1.29 is 0 Å². The summed E-state index contributed by atoms with van der Waals surface area (Å²) in [7, 11) is 0. The van der Waals surface area contributed by atoms with Crippen molar-refractivity contribution in [1.29, 1.82) is 0 Å². The van der Waals surface area contributed by atoms with Gasteiger partial charge in [0.15, 0.2) is 5.82 Å². The van der Waals surface area contributed by atoms with Crippen molar-refractivity contribution >= 4 is 32.7 Å². The molecule has 142 valence electrons. The normalized spacial score (nSPS) is 11.3. The molecule has 3 rings (SSSR count). The zero-order valence-electron chi connectivity index (χ0n) is 16.3. The summed E-state index contributed by atoms with van der Waals surface area (Å²) in [6.07, 6.45) is 1.09. The summed E-state index contributed by atoms with van der Waals surface area (Å²) in [5.74, 6) is 1.67. The maximum Gasteiger partial charge on any atom is 0.162 e. The smallest absolute Gasteiger partial charge is 0.162 e.